The second-order valence-corrected chi connectivity index (χ2v) is 5.35. The van der Waals surface area contributed by atoms with Gasteiger partial charge in [-0.05, 0) is 34.9 Å². The molecule has 3 heteroatoms. The van der Waals surface area contributed by atoms with Gasteiger partial charge in [-0.3, -0.25) is 4.79 Å². The van der Waals surface area contributed by atoms with Gasteiger partial charge < -0.3 is 11.1 Å². The summed E-state index contributed by atoms with van der Waals surface area (Å²) in [6.45, 7) is 0. The SMILES string of the molecule is N[C@H](Cc1ccccc1)C(=O)Nc1ccc2ccccc2c1. The number of fused-ring (bicyclic) bond motifs is 1. The van der Waals surface area contributed by atoms with E-state index >= 15 is 0 Å². The summed E-state index contributed by atoms with van der Waals surface area (Å²) in [7, 11) is 0. The Morgan fingerprint density at radius 3 is 2.36 bits per heavy atom. The molecule has 0 heterocycles. The summed E-state index contributed by atoms with van der Waals surface area (Å²) in [4.78, 5) is 12.2. The molecule has 0 unspecified atom stereocenters. The first-order valence-electron chi connectivity index (χ1n) is 7.31. The molecule has 3 nitrogen and oxygen atoms in total. The molecule has 1 amide bonds. The molecular formula is C19H18N2O. The van der Waals surface area contributed by atoms with Crippen molar-refractivity contribution in [3.05, 3.63) is 78.4 Å². The summed E-state index contributed by atoms with van der Waals surface area (Å²) in [5.41, 5.74) is 7.83. The third kappa shape index (κ3) is 3.32. The lowest BCUT2D eigenvalue weighted by Crippen LogP contribution is -2.37. The average Bonchev–Trinajstić information content (AvgIpc) is 2.55. The van der Waals surface area contributed by atoms with Crippen LogP contribution in [0.25, 0.3) is 10.8 Å². The Kier molecular flexibility index (Phi) is 4.17. The maximum Gasteiger partial charge on any atom is 0.241 e. The monoisotopic (exact) mass is 290 g/mol. The van der Waals surface area contributed by atoms with Crippen LogP contribution in [0.15, 0.2) is 72.8 Å². The highest BCUT2D eigenvalue weighted by atomic mass is 16.2. The van der Waals surface area contributed by atoms with Gasteiger partial charge in [-0.15, -0.1) is 0 Å². The molecule has 3 aromatic carbocycles. The Morgan fingerprint density at radius 1 is 0.909 bits per heavy atom. The molecule has 0 fully saturated rings. The van der Waals surface area contributed by atoms with Crippen molar-refractivity contribution in [2.75, 3.05) is 5.32 Å². The van der Waals surface area contributed by atoms with Crippen LogP contribution < -0.4 is 11.1 Å². The maximum absolute atomic E-state index is 12.2. The first-order valence-corrected chi connectivity index (χ1v) is 7.31. The topological polar surface area (TPSA) is 55.1 Å². The van der Waals surface area contributed by atoms with E-state index in [4.69, 9.17) is 5.73 Å². The van der Waals surface area contributed by atoms with E-state index in [1.807, 2.05) is 72.8 Å². The van der Waals surface area contributed by atoms with Crippen molar-refractivity contribution in [3.63, 3.8) is 0 Å². The van der Waals surface area contributed by atoms with Crippen LogP contribution in [0, 0.1) is 0 Å². The van der Waals surface area contributed by atoms with Crippen molar-refractivity contribution in [2.45, 2.75) is 12.5 Å². The largest absolute Gasteiger partial charge is 0.325 e. The van der Waals surface area contributed by atoms with Crippen LogP contribution in [-0.2, 0) is 11.2 Å². The molecule has 0 aliphatic carbocycles. The van der Waals surface area contributed by atoms with Gasteiger partial charge >= 0.3 is 0 Å². The van der Waals surface area contributed by atoms with Crippen LogP contribution in [-0.4, -0.2) is 11.9 Å². The van der Waals surface area contributed by atoms with Gasteiger partial charge in [0.15, 0.2) is 0 Å². The van der Waals surface area contributed by atoms with Crippen molar-refractivity contribution in [1.29, 1.82) is 0 Å². The van der Waals surface area contributed by atoms with Gasteiger partial charge in [0.25, 0.3) is 0 Å². The summed E-state index contributed by atoms with van der Waals surface area (Å²) in [6.07, 6.45) is 0.528. The predicted octanol–water partition coefficient (Wildman–Crippen LogP) is 3.35. The highest BCUT2D eigenvalue weighted by molar-refractivity contribution is 5.97. The first kappa shape index (κ1) is 14.3. The zero-order chi connectivity index (χ0) is 15.4. The van der Waals surface area contributed by atoms with E-state index in [0.29, 0.717) is 6.42 Å². The number of benzene rings is 3. The van der Waals surface area contributed by atoms with Gasteiger partial charge in [0.1, 0.15) is 0 Å². The van der Waals surface area contributed by atoms with Crippen LogP contribution in [0.5, 0.6) is 0 Å². The maximum atomic E-state index is 12.2. The number of hydrogen-bond acceptors (Lipinski definition) is 2. The molecule has 1 atom stereocenters. The number of anilines is 1. The zero-order valence-corrected chi connectivity index (χ0v) is 12.2. The molecule has 0 aliphatic heterocycles. The molecule has 110 valence electrons. The fraction of sp³-hybridized carbons (Fsp3) is 0.105. The molecule has 0 aliphatic rings. The number of amides is 1. The lowest BCUT2D eigenvalue weighted by atomic mass is 10.1. The quantitative estimate of drug-likeness (QED) is 0.774. The second kappa shape index (κ2) is 6.41. The van der Waals surface area contributed by atoms with E-state index in [1.54, 1.807) is 0 Å². The van der Waals surface area contributed by atoms with E-state index in [0.717, 1.165) is 22.0 Å². The van der Waals surface area contributed by atoms with Crippen molar-refractivity contribution < 1.29 is 4.79 Å². The smallest absolute Gasteiger partial charge is 0.241 e. The Balaban J connectivity index is 1.69. The van der Waals surface area contributed by atoms with Gasteiger partial charge in [0.05, 0.1) is 6.04 Å². The fourth-order valence-electron chi connectivity index (χ4n) is 2.46. The number of nitrogens with one attached hydrogen (secondary N) is 1. The minimum Gasteiger partial charge on any atom is -0.325 e. The number of hydrogen-bond donors (Lipinski definition) is 2. The summed E-state index contributed by atoms with van der Waals surface area (Å²) >= 11 is 0. The van der Waals surface area contributed by atoms with Crippen LogP contribution in [0.3, 0.4) is 0 Å². The standard InChI is InChI=1S/C19H18N2O/c20-18(12-14-6-2-1-3-7-14)19(22)21-17-11-10-15-8-4-5-9-16(15)13-17/h1-11,13,18H,12,20H2,(H,21,22)/t18-/m1/s1. The molecule has 3 N–H and O–H groups in total. The summed E-state index contributed by atoms with van der Waals surface area (Å²) < 4.78 is 0. The molecule has 0 spiro atoms. The van der Waals surface area contributed by atoms with Crippen molar-refractivity contribution in [3.8, 4) is 0 Å². The molecule has 3 aromatic rings. The minimum absolute atomic E-state index is 0.167. The van der Waals surface area contributed by atoms with Crippen molar-refractivity contribution in [1.82, 2.24) is 0 Å². The van der Waals surface area contributed by atoms with E-state index in [2.05, 4.69) is 5.32 Å². The van der Waals surface area contributed by atoms with Gasteiger partial charge in [-0.2, -0.15) is 0 Å². The van der Waals surface area contributed by atoms with Crippen LogP contribution in [0.2, 0.25) is 0 Å². The molecule has 0 radical (unpaired) electrons. The van der Waals surface area contributed by atoms with Crippen LogP contribution in [0.4, 0.5) is 5.69 Å². The third-order valence-corrected chi connectivity index (χ3v) is 3.65. The number of carbonyl (C=O) groups is 1. The minimum atomic E-state index is -0.561. The number of carbonyl (C=O) groups excluding carboxylic acids is 1. The Hall–Kier alpha value is -2.65. The lowest BCUT2D eigenvalue weighted by molar-refractivity contribution is -0.117. The normalized spacial score (nSPS) is 12.0. The van der Waals surface area contributed by atoms with Gasteiger partial charge in [-0.1, -0.05) is 60.7 Å². The Labute approximate surface area is 129 Å². The Bertz CT molecular complexity index is 784. The molecule has 0 bridgehead atoms. The van der Waals surface area contributed by atoms with E-state index in [1.165, 1.54) is 0 Å². The lowest BCUT2D eigenvalue weighted by Gasteiger charge is -2.13. The van der Waals surface area contributed by atoms with E-state index in [9.17, 15) is 4.79 Å². The summed E-state index contributed by atoms with van der Waals surface area (Å²) in [6, 6.07) is 23.1. The van der Waals surface area contributed by atoms with Crippen LogP contribution in [0.1, 0.15) is 5.56 Å². The molecule has 0 aromatic heterocycles. The molecule has 22 heavy (non-hydrogen) atoms. The third-order valence-electron chi connectivity index (χ3n) is 3.65. The molecule has 0 saturated heterocycles. The highest BCUT2D eigenvalue weighted by Gasteiger charge is 2.14. The second-order valence-electron chi connectivity index (χ2n) is 5.35. The van der Waals surface area contributed by atoms with Crippen molar-refractivity contribution >= 4 is 22.4 Å². The molecule has 0 saturated carbocycles. The predicted molar refractivity (Wildman–Crippen MR) is 90.7 cm³/mol. The Morgan fingerprint density at radius 2 is 1.59 bits per heavy atom. The van der Waals surface area contributed by atoms with Gasteiger partial charge in [-0.25, -0.2) is 0 Å². The van der Waals surface area contributed by atoms with Crippen molar-refractivity contribution in [2.24, 2.45) is 5.73 Å². The fourth-order valence-corrected chi connectivity index (χ4v) is 2.46. The van der Waals surface area contributed by atoms with E-state index in [-0.39, 0.29) is 5.91 Å². The first-order chi connectivity index (χ1) is 10.7. The summed E-state index contributed by atoms with van der Waals surface area (Å²) in [5, 5.41) is 5.13. The van der Waals surface area contributed by atoms with Crippen LogP contribution >= 0.6 is 0 Å². The van der Waals surface area contributed by atoms with Gasteiger partial charge in [0.2, 0.25) is 5.91 Å². The zero-order valence-electron chi connectivity index (χ0n) is 12.2. The van der Waals surface area contributed by atoms with Gasteiger partial charge in [0, 0.05) is 5.69 Å². The number of rotatable bonds is 4. The molecule has 3 rings (SSSR count). The highest BCUT2D eigenvalue weighted by Crippen LogP contribution is 2.19. The molecular weight excluding hydrogens is 272 g/mol. The number of nitrogens with two attached hydrogens (primary N) is 1. The average molecular weight is 290 g/mol. The summed E-state index contributed by atoms with van der Waals surface area (Å²) in [5.74, 6) is -0.167. The van der Waals surface area contributed by atoms with E-state index < -0.39 is 6.04 Å².